The number of halogens is 1. The van der Waals surface area contributed by atoms with Crippen molar-refractivity contribution in [1.82, 2.24) is 0 Å². The minimum Gasteiger partial charge on any atom is -0.489 e. The second-order valence-electron chi connectivity index (χ2n) is 4.39. The Bertz CT molecular complexity index is 606. The van der Waals surface area contributed by atoms with Crippen LogP contribution in [0.25, 0.3) is 0 Å². The van der Waals surface area contributed by atoms with E-state index in [0.717, 1.165) is 12.5 Å². The molecule has 0 fully saturated rings. The van der Waals surface area contributed by atoms with Crippen LogP contribution in [0.4, 0.5) is 4.39 Å². The fraction of sp³-hybridized carbons (Fsp3) is 0.188. The molecule has 0 unspecified atom stereocenters. The third-order valence-electron chi connectivity index (χ3n) is 3.02. The Morgan fingerprint density at radius 3 is 2.50 bits per heavy atom. The molecule has 0 bridgehead atoms. The first-order chi connectivity index (χ1) is 9.60. The van der Waals surface area contributed by atoms with Crippen molar-refractivity contribution < 1.29 is 19.0 Å². The second kappa shape index (κ2) is 6.19. The van der Waals surface area contributed by atoms with Gasteiger partial charge < -0.3 is 9.84 Å². The van der Waals surface area contributed by atoms with Gasteiger partial charge >= 0.3 is 5.97 Å². The van der Waals surface area contributed by atoms with Crippen LogP contribution in [0, 0.1) is 5.82 Å². The maximum absolute atomic E-state index is 13.2. The number of carboxylic acid groups (broad SMARTS) is 1. The zero-order valence-corrected chi connectivity index (χ0v) is 11.1. The van der Waals surface area contributed by atoms with Crippen LogP contribution < -0.4 is 4.74 Å². The summed E-state index contributed by atoms with van der Waals surface area (Å²) in [5.74, 6) is -0.942. The smallest absolute Gasteiger partial charge is 0.336 e. The van der Waals surface area contributed by atoms with Crippen molar-refractivity contribution in [3.8, 4) is 5.75 Å². The summed E-state index contributed by atoms with van der Waals surface area (Å²) < 4.78 is 18.7. The summed E-state index contributed by atoms with van der Waals surface area (Å²) in [6, 6.07) is 11.1. The Kier molecular flexibility index (Phi) is 4.35. The summed E-state index contributed by atoms with van der Waals surface area (Å²) in [6.45, 7) is 2.08. The molecule has 0 aliphatic rings. The first-order valence-electron chi connectivity index (χ1n) is 6.33. The topological polar surface area (TPSA) is 46.5 Å². The van der Waals surface area contributed by atoms with Gasteiger partial charge in [-0.2, -0.15) is 0 Å². The molecule has 0 radical (unpaired) electrons. The summed E-state index contributed by atoms with van der Waals surface area (Å²) in [7, 11) is 0. The maximum Gasteiger partial charge on any atom is 0.336 e. The predicted octanol–water partition coefficient (Wildman–Crippen LogP) is 3.67. The molecule has 0 saturated heterocycles. The molecule has 0 aliphatic heterocycles. The fourth-order valence-electron chi connectivity index (χ4n) is 1.87. The summed E-state index contributed by atoms with van der Waals surface area (Å²) in [4.78, 5) is 11.0. The molecular weight excluding hydrogens is 259 g/mol. The van der Waals surface area contributed by atoms with Crippen LogP contribution in [0.2, 0.25) is 0 Å². The third kappa shape index (κ3) is 3.35. The lowest BCUT2D eigenvalue weighted by molar-refractivity contribution is 0.0694. The number of rotatable bonds is 5. The van der Waals surface area contributed by atoms with E-state index in [-0.39, 0.29) is 12.2 Å². The number of carboxylic acids is 1. The van der Waals surface area contributed by atoms with Gasteiger partial charge in [0.25, 0.3) is 0 Å². The average molecular weight is 274 g/mol. The van der Waals surface area contributed by atoms with E-state index in [9.17, 15) is 9.18 Å². The lowest BCUT2D eigenvalue weighted by Crippen LogP contribution is -2.06. The summed E-state index contributed by atoms with van der Waals surface area (Å²) >= 11 is 0. The molecule has 3 nitrogen and oxygen atoms in total. The number of aryl methyl sites for hydroxylation is 1. The molecule has 0 spiro atoms. The van der Waals surface area contributed by atoms with E-state index in [0.29, 0.717) is 11.3 Å². The fourth-order valence-corrected chi connectivity index (χ4v) is 1.87. The quantitative estimate of drug-likeness (QED) is 0.905. The molecule has 1 N–H and O–H groups in total. The van der Waals surface area contributed by atoms with Crippen LogP contribution in [0.15, 0.2) is 42.5 Å². The Hall–Kier alpha value is -2.36. The van der Waals surface area contributed by atoms with Gasteiger partial charge in [-0.15, -0.1) is 0 Å². The van der Waals surface area contributed by atoms with Gasteiger partial charge in [-0.3, -0.25) is 0 Å². The highest BCUT2D eigenvalue weighted by Crippen LogP contribution is 2.17. The zero-order valence-electron chi connectivity index (χ0n) is 11.1. The van der Waals surface area contributed by atoms with Crippen molar-refractivity contribution in [1.29, 1.82) is 0 Å². The highest BCUT2D eigenvalue weighted by molar-refractivity contribution is 5.89. The molecule has 0 aromatic heterocycles. The average Bonchev–Trinajstić information content (AvgIpc) is 2.45. The first kappa shape index (κ1) is 14.1. The first-order valence-corrected chi connectivity index (χ1v) is 6.33. The summed E-state index contributed by atoms with van der Waals surface area (Å²) in [6.07, 6.45) is 0.938. The zero-order chi connectivity index (χ0) is 14.5. The van der Waals surface area contributed by atoms with Gasteiger partial charge in [0.2, 0.25) is 0 Å². The SMILES string of the molecule is CCc1ccc(OCc2cc(F)ccc2C(=O)O)cc1. The monoisotopic (exact) mass is 274 g/mol. The highest BCUT2D eigenvalue weighted by Gasteiger charge is 2.11. The highest BCUT2D eigenvalue weighted by atomic mass is 19.1. The van der Waals surface area contributed by atoms with Crippen molar-refractivity contribution in [3.63, 3.8) is 0 Å². The minimum atomic E-state index is -1.09. The second-order valence-corrected chi connectivity index (χ2v) is 4.39. The number of carbonyl (C=O) groups is 1. The molecular formula is C16H15FO3. The van der Waals surface area contributed by atoms with Crippen molar-refractivity contribution >= 4 is 5.97 Å². The largest absolute Gasteiger partial charge is 0.489 e. The molecule has 2 aromatic carbocycles. The Balaban J connectivity index is 2.13. The van der Waals surface area contributed by atoms with Crippen LogP contribution >= 0.6 is 0 Å². The number of aromatic carboxylic acids is 1. The Labute approximate surface area is 116 Å². The Morgan fingerprint density at radius 2 is 1.90 bits per heavy atom. The molecule has 2 rings (SSSR count). The summed E-state index contributed by atoms with van der Waals surface area (Å²) in [5, 5.41) is 9.04. The molecule has 2 aromatic rings. The van der Waals surface area contributed by atoms with Gasteiger partial charge in [0.05, 0.1) is 5.56 Å². The van der Waals surface area contributed by atoms with Crippen LogP contribution in [0.5, 0.6) is 5.75 Å². The van der Waals surface area contributed by atoms with Gasteiger partial charge in [-0.25, -0.2) is 9.18 Å². The summed E-state index contributed by atoms with van der Waals surface area (Å²) in [5.41, 5.74) is 1.56. The van der Waals surface area contributed by atoms with Gasteiger partial charge in [0.15, 0.2) is 0 Å². The van der Waals surface area contributed by atoms with E-state index in [4.69, 9.17) is 9.84 Å². The lowest BCUT2D eigenvalue weighted by atomic mass is 10.1. The molecule has 104 valence electrons. The predicted molar refractivity (Wildman–Crippen MR) is 73.5 cm³/mol. The number of hydrogen-bond acceptors (Lipinski definition) is 2. The maximum atomic E-state index is 13.2. The van der Waals surface area contributed by atoms with E-state index in [1.54, 1.807) is 0 Å². The Morgan fingerprint density at radius 1 is 1.20 bits per heavy atom. The minimum absolute atomic E-state index is 0.0187. The van der Waals surface area contributed by atoms with Crippen molar-refractivity contribution in [2.45, 2.75) is 20.0 Å². The van der Waals surface area contributed by atoms with E-state index < -0.39 is 11.8 Å². The van der Waals surface area contributed by atoms with E-state index in [2.05, 4.69) is 6.92 Å². The molecule has 0 amide bonds. The van der Waals surface area contributed by atoms with Gasteiger partial charge in [-0.1, -0.05) is 19.1 Å². The van der Waals surface area contributed by atoms with E-state index in [1.165, 1.54) is 17.7 Å². The number of benzene rings is 2. The molecule has 20 heavy (non-hydrogen) atoms. The standard InChI is InChI=1S/C16H15FO3/c1-2-11-3-6-14(7-4-11)20-10-12-9-13(17)5-8-15(12)16(18)19/h3-9H,2,10H2,1H3,(H,18,19). The van der Waals surface area contributed by atoms with Gasteiger partial charge in [0, 0.05) is 5.56 Å². The molecule has 4 heteroatoms. The van der Waals surface area contributed by atoms with Crippen LogP contribution in [0.3, 0.4) is 0 Å². The molecule has 0 aliphatic carbocycles. The number of ether oxygens (including phenoxy) is 1. The molecule has 0 heterocycles. The normalized spacial score (nSPS) is 10.3. The van der Waals surface area contributed by atoms with Crippen LogP contribution in [-0.2, 0) is 13.0 Å². The number of hydrogen-bond donors (Lipinski definition) is 1. The van der Waals surface area contributed by atoms with E-state index in [1.807, 2.05) is 24.3 Å². The van der Waals surface area contributed by atoms with Crippen LogP contribution in [0.1, 0.15) is 28.4 Å². The van der Waals surface area contributed by atoms with E-state index >= 15 is 0 Å². The van der Waals surface area contributed by atoms with Gasteiger partial charge in [-0.05, 0) is 42.3 Å². The lowest BCUT2D eigenvalue weighted by Gasteiger charge is -2.09. The van der Waals surface area contributed by atoms with Gasteiger partial charge in [0.1, 0.15) is 18.2 Å². The van der Waals surface area contributed by atoms with Crippen molar-refractivity contribution in [2.75, 3.05) is 0 Å². The van der Waals surface area contributed by atoms with Crippen LogP contribution in [-0.4, -0.2) is 11.1 Å². The third-order valence-corrected chi connectivity index (χ3v) is 3.02. The van der Waals surface area contributed by atoms with Crippen molar-refractivity contribution in [3.05, 3.63) is 65.0 Å². The van der Waals surface area contributed by atoms with Crippen molar-refractivity contribution in [2.24, 2.45) is 0 Å². The molecule has 0 saturated carbocycles. The molecule has 0 atom stereocenters.